The van der Waals surface area contributed by atoms with Gasteiger partial charge in [-0.2, -0.15) is 5.10 Å². The Bertz CT molecular complexity index is 1050. The summed E-state index contributed by atoms with van der Waals surface area (Å²) in [6.07, 6.45) is 4.34. The van der Waals surface area contributed by atoms with Crippen LogP contribution in [-0.2, 0) is 13.0 Å². The normalized spacial score (nSPS) is 11.0. The molecule has 0 aliphatic heterocycles. The van der Waals surface area contributed by atoms with E-state index in [-0.39, 0.29) is 11.7 Å². The molecule has 2 aromatic heterocycles. The van der Waals surface area contributed by atoms with Crippen LogP contribution in [0.2, 0.25) is 0 Å². The molecule has 2 heterocycles. The zero-order valence-electron chi connectivity index (χ0n) is 13.9. The Balaban J connectivity index is 1.42. The van der Waals surface area contributed by atoms with E-state index in [2.05, 4.69) is 38.5 Å². The summed E-state index contributed by atoms with van der Waals surface area (Å²) in [5.41, 5.74) is 2.57. The number of furan rings is 1. The van der Waals surface area contributed by atoms with Crippen molar-refractivity contribution in [3.8, 4) is 0 Å². The van der Waals surface area contributed by atoms with Crippen LogP contribution in [0, 0.1) is 0 Å². The van der Waals surface area contributed by atoms with E-state index in [1.54, 1.807) is 12.3 Å². The number of aromatic nitrogens is 2. The number of hydrogen-bond donors (Lipinski definition) is 1. The molecule has 0 bridgehead atoms. The summed E-state index contributed by atoms with van der Waals surface area (Å²) in [5, 5.41) is 8.00. The van der Waals surface area contributed by atoms with Crippen molar-refractivity contribution in [2.24, 2.45) is 0 Å². The summed E-state index contributed by atoms with van der Waals surface area (Å²) in [7, 11) is 0. The standard InChI is InChI=1S/C20H16BrN3O2/c21-16-6-7-18-15(10-16)11-19(26-18)20(25)23-17-12-22-24(13-17)9-8-14-4-2-1-3-5-14/h1-7,10-13H,8-9H2,(H,23,25). The highest BCUT2D eigenvalue weighted by atomic mass is 79.9. The van der Waals surface area contributed by atoms with Gasteiger partial charge in [-0.3, -0.25) is 9.48 Å². The number of nitrogens with zero attached hydrogens (tertiary/aromatic N) is 2. The predicted molar refractivity (Wildman–Crippen MR) is 104 cm³/mol. The molecule has 0 saturated heterocycles. The average Bonchev–Trinajstić information content (AvgIpc) is 3.27. The summed E-state index contributed by atoms with van der Waals surface area (Å²) in [6, 6.07) is 17.6. The number of fused-ring (bicyclic) bond motifs is 1. The van der Waals surface area contributed by atoms with Crippen LogP contribution in [0.3, 0.4) is 0 Å². The Morgan fingerprint density at radius 3 is 2.85 bits per heavy atom. The van der Waals surface area contributed by atoms with Crippen molar-refractivity contribution in [3.63, 3.8) is 0 Å². The fourth-order valence-corrected chi connectivity index (χ4v) is 3.14. The molecular weight excluding hydrogens is 394 g/mol. The number of amides is 1. The second kappa shape index (κ2) is 7.17. The molecule has 5 nitrogen and oxygen atoms in total. The summed E-state index contributed by atoms with van der Waals surface area (Å²) in [6.45, 7) is 0.749. The zero-order valence-corrected chi connectivity index (χ0v) is 15.4. The molecule has 0 atom stereocenters. The summed E-state index contributed by atoms with van der Waals surface area (Å²) >= 11 is 3.41. The Labute approximate surface area is 158 Å². The lowest BCUT2D eigenvalue weighted by Crippen LogP contribution is -2.10. The summed E-state index contributed by atoms with van der Waals surface area (Å²) < 4.78 is 8.37. The third-order valence-electron chi connectivity index (χ3n) is 4.07. The molecule has 4 rings (SSSR count). The Kier molecular flexibility index (Phi) is 4.58. The molecule has 1 N–H and O–H groups in total. The van der Waals surface area contributed by atoms with E-state index in [1.807, 2.05) is 47.3 Å². The molecule has 26 heavy (non-hydrogen) atoms. The first-order valence-electron chi connectivity index (χ1n) is 8.24. The first-order chi connectivity index (χ1) is 12.7. The zero-order chi connectivity index (χ0) is 17.9. The van der Waals surface area contributed by atoms with Crippen molar-refractivity contribution >= 4 is 38.5 Å². The number of carbonyl (C=O) groups excluding carboxylic acids is 1. The molecule has 0 radical (unpaired) electrons. The van der Waals surface area contributed by atoms with Crippen LogP contribution < -0.4 is 5.32 Å². The highest BCUT2D eigenvalue weighted by Gasteiger charge is 2.13. The van der Waals surface area contributed by atoms with E-state index >= 15 is 0 Å². The van der Waals surface area contributed by atoms with Gasteiger partial charge in [-0.1, -0.05) is 46.3 Å². The number of benzene rings is 2. The van der Waals surface area contributed by atoms with Crippen molar-refractivity contribution < 1.29 is 9.21 Å². The fraction of sp³-hybridized carbons (Fsp3) is 0.100. The third kappa shape index (κ3) is 3.70. The largest absolute Gasteiger partial charge is 0.451 e. The van der Waals surface area contributed by atoms with Gasteiger partial charge in [0.05, 0.1) is 11.9 Å². The van der Waals surface area contributed by atoms with Gasteiger partial charge in [-0.15, -0.1) is 0 Å². The second-order valence-corrected chi connectivity index (χ2v) is 6.89. The van der Waals surface area contributed by atoms with Crippen LogP contribution in [0.15, 0.2) is 75.9 Å². The molecule has 0 spiro atoms. The number of carbonyl (C=O) groups is 1. The molecule has 0 aliphatic carbocycles. The van der Waals surface area contributed by atoms with Crippen LogP contribution in [0.1, 0.15) is 16.1 Å². The minimum atomic E-state index is -0.292. The highest BCUT2D eigenvalue weighted by Crippen LogP contribution is 2.24. The van der Waals surface area contributed by atoms with E-state index in [1.165, 1.54) is 5.56 Å². The van der Waals surface area contributed by atoms with E-state index in [0.29, 0.717) is 11.3 Å². The van der Waals surface area contributed by atoms with E-state index in [4.69, 9.17) is 4.42 Å². The van der Waals surface area contributed by atoms with Gasteiger partial charge in [0.2, 0.25) is 0 Å². The maximum atomic E-state index is 12.4. The van der Waals surface area contributed by atoms with Crippen LogP contribution >= 0.6 is 15.9 Å². The van der Waals surface area contributed by atoms with Gasteiger partial charge in [0.1, 0.15) is 5.58 Å². The molecule has 6 heteroatoms. The topological polar surface area (TPSA) is 60.1 Å². The van der Waals surface area contributed by atoms with Gasteiger partial charge in [0, 0.05) is 22.6 Å². The van der Waals surface area contributed by atoms with Crippen molar-refractivity contribution in [3.05, 3.63) is 82.8 Å². The summed E-state index contributed by atoms with van der Waals surface area (Å²) in [4.78, 5) is 12.4. The SMILES string of the molecule is O=C(Nc1cnn(CCc2ccccc2)c1)c1cc2cc(Br)ccc2o1. The Morgan fingerprint density at radius 1 is 1.15 bits per heavy atom. The van der Waals surface area contributed by atoms with Crippen molar-refractivity contribution in [1.29, 1.82) is 0 Å². The highest BCUT2D eigenvalue weighted by molar-refractivity contribution is 9.10. The van der Waals surface area contributed by atoms with E-state index in [0.717, 1.165) is 22.8 Å². The first kappa shape index (κ1) is 16.6. The van der Waals surface area contributed by atoms with Crippen LogP contribution in [0.5, 0.6) is 0 Å². The molecule has 4 aromatic rings. The molecule has 2 aromatic carbocycles. The smallest absolute Gasteiger partial charge is 0.291 e. The minimum Gasteiger partial charge on any atom is -0.451 e. The van der Waals surface area contributed by atoms with Crippen molar-refractivity contribution in [2.45, 2.75) is 13.0 Å². The van der Waals surface area contributed by atoms with Crippen LogP contribution in [-0.4, -0.2) is 15.7 Å². The minimum absolute atomic E-state index is 0.273. The molecule has 0 unspecified atom stereocenters. The van der Waals surface area contributed by atoms with Gasteiger partial charge < -0.3 is 9.73 Å². The fourth-order valence-electron chi connectivity index (χ4n) is 2.76. The lowest BCUT2D eigenvalue weighted by molar-refractivity contribution is 0.0998. The van der Waals surface area contributed by atoms with E-state index in [9.17, 15) is 4.79 Å². The maximum Gasteiger partial charge on any atom is 0.291 e. The van der Waals surface area contributed by atoms with E-state index < -0.39 is 0 Å². The van der Waals surface area contributed by atoms with Gasteiger partial charge in [-0.25, -0.2) is 0 Å². The lowest BCUT2D eigenvalue weighted by Gasteiger charge is -2.02. The number of aryl methyl sites for hydroxylation is 2. The van der Waals surface area contributed by atoms with Crippen LogP contribution in [0.4, 0.5) is 5.69 Å². The number of rotatable bonds is 5. The number of hydrogen-bond acceptors (Lipinski definition) is 3. The van der Waals surface area contributed by atoms with Crippen LogP contribution in [0.25, 0.3) is 11.0 Å². The predicted octanol–water partition coefficient (Wildman–Crippen LogP) is 4.89. The van der Waals surface area contributed by atoms with Crippen molar-refractivity contribution in [1.82, 2.24) is 9.78 Å². The third-order valence-corrected chi connectivity index (χ3v) is 4.56. The maximum absolute atomic E-state index is 12.4. The number of nitrogens with one attached hydrogen (secondary N) is 1. The molecular formula is C20H16BrN3O2. The quantitative estimate of drug-likeness (QED) is 0.510. The summed E-state index contributed by atoms with van der Waals surface area (Å²) in [5.74, 6) is -0.0185. The van der Waals surface area contributed by atoms with Crippen molar-refractivity contribution in [2.75, 3.05) is 5.32 Å². The van der Waals surface area contributed by atoms with Gasteiger partial charge in [0.25, 0.3) is 5.91 Å². The Hall–Kier alpha value is -2.86. The number of halogens is 1. The molecule has 1 amide bonds. The Morgan fingerprint density at radius 2 is 2.00 bits per heavy atom. The molecule has 0 saturated carbocycles. The number of anilines is 1. The van der Waals surface area contributed by atoms with Gasteiger partial charge >= 0.3 is 0 Å². The van der Waals surface area contributed by atoms with Gasteiger partial charge in [-0.05, 0) is 36.2 Å². The lowest BCUT2D eigenvalue weighted by atomic mass is 10.1. The second-order valence-electron chi connectivity index (χ2n) is 5.97. The monoisotopic (exact) mass is 409 g/mol. The molecule has 130 valence electrons. The molecule has 0 aliphatic rings. The molecule has 0 fully saturated rings. The average molecular weight is 410 g/mol. The first-order valence-corrected chi connectivity index (χ1v) is 9.03. The van der Waals surface area contributed by atoms with Gasteiger partial charge in [0.15, 0.2) is 5.76 Å².